The van der Waals surface area contributed by atoms with Crippen molar-refractivity contribution >= 4 is 39.3 Å². The number of hydrogen-bond acceptors (Lipinski definition) is 9. The minimum Gasteiger partial charge on any atom is -0.390 e. The molecule has 2 saturated heterocycles. The second-order valence-corrected chi connectivity index (χ2v) is 27.4. The van der Waals surface area contributed by atoms with Crippen LogP contribution >= 0.6 is 15.9 Å². The third-order valence-corrected chi connectivity index (χ3v) is 23.6. The van der Waals surface area contributed by atoms with E-state index in [1.807, 2.05) is 37.9 Å². The van der Waals surface area contributed by atoms with Gasteiger partial charge in [-0.15, -0.1) is 0 Å². The number of aliphatic hydroxyl groups is 2. The number of fused-ring (bicyclic) bond motifs is 10. The highest BCUT2D eigenvalue weighted by atomic mass is 79.9. The summed E-state index contributed by atoms with van der Waals surface area (Å²) < 4.78 is 11.7. The number of likely N-dealkylation sites (tertiary alicyclic amines) is 1. The fourth-order valence-corrected chi connectivity index (χ4v) is 19.9. The predicted molar refractivity (Wildman–Crippen MR) is 296 cm³/mol. The highest BCUT2D eigenvalue weighted by molar-refractivity contribution is 9.09. The number of amides is 2. The van der Waals surface area contributed by atoms with Gasteiger partial charge in [0.2, 0.25) is 11.8 Å². The van der Waals surface area contributed by atoms with Crippen molar-refractivity contribution in [2.75, 3.05) is 78.6 Å². The number of ether oxygens (including phenoxy) is 2. The fourth-order valence-electron chi connectivity index (χ4n) is 19.5. The first-order valence-corrected chi connectivity index (χ1v) is 30.1. The van der Waals surface area contributed by atoms with Crippen molar-refractivity contribution in [1.29, 1.82) is 0 Å². The maximum atomic E-state index is 13.6. The molecule has 0 aromatic heterocycles. The smallest absolute Gasteiger partial charge is 0.219 e. The first-order valence-electron chi connectivity index (χ1n) is 28.9. The molecule has 73 heavy (non-hydrogen) atoms. The number of piperidine rings is 1. The third-order valence-electron chi connectivity index (χ3n) is 23.0. The molecule has 0 aromatic carbocycles. The van der Waals surface area contributed by atoms with Crippen LogP contribution in [-0.2, 0) is 28.7 Å². The number of Topliss-reactive ketones (excluding diaryl/α,β-unsaturated/α-hetero) is 2. The Hall–Kier alpha value is -1.44. The molecule has 10 rings (SSSR count). The second kappa shape index (κ2) is 24.3. The molecule has 2 heterocycles. The zero-order valence-electron chi connectivity index (χ0n) is 45.8. The van der Waals surface area contributed by atoms with Crippen LogP contribution in [0.15, 0.2) is 0 Å². The van der Waals surface area contributed by atoms with Gasteiger partial charge in [0, 0.05) is 79.2 Å². The normalized spacial score (nSPS) is 43.7. The first kappa shape index (κ1) is 60.8. The van der Waals surface area contributed by atoms with Gasteiger partial charge in [0.05, 0.1) is 36.3 Å². The average molecular weight is 1090 g/mol. The molecule has 16 atom stereocenters. The van der Waals surface area contributed by atoms with Crippen LogP contribution in [-0.4, -0.2) is 138 Å². The number of rotatable bonds is 9. The van der Waals surface area contributed by atoms with E-state index in [1.165, 1.54) is 77.0 Å². The van der Waals surface area contributed by atoms with Gasteiger partial charge in [-0.05, 0) is 218 Å². The third kappa shape index (κ3) is 12.0. The Balaban J connectivity index is 0.000000203. The molecular formula is C61H106BrN3O8. The maximum Gasteiger partial charge on any atom is 0.219 e. The molecule has 0 radical (unpaired) electrons. The van der Waals surface area contributed by atoms with Gasteiger partial charge in [-0.1, -0.05) is 44.6 Å². The summed E-state index contributed by atoms with van der Waals surface area (Å²) in [5.41, 5.74) is -0.246. The fraction of sp³-hybridized carbons (Fsp3) is 0.934. The number of carbonyl (C=O) groups excluding carboxylic acids is 4. The van der Waals surface area contributed by atoms with Crippen molar-refractivity contribution in [2.45, 2.75) is 202 Å². The van der Waals surface area contributed by atoms with E-state index in [0.717, 1.165) is 116 Å². The van der Waals surface area contributed by atoms with Crippen molar-refractivity contribution in [3.05, 3.63) is 0 Å². The molecule has 2 unspecified atom stereocenters. The Kier molecular flexibility index (Phi) is 20.2. The minimum absolute atomic E-state index is 0. The highest BCUT2D eigenvalue weighted by Gasteiger charge is 2.65. The van der Waals surface area contributed by atoms with Crippen molar-refractivity contribution in [3.8, 4) is 0 Å². The summed E-state index contributed by atoms with van der Waals surface area (Å²) in [5, 5.41) is 22.1. The van der Waals surface area contributed by atoms with Gasteiger partial charge < -0.3 is 29.5 Å². The molecule has 11 nitrogen and oxygen atoms in total. The SMILES string of the molecule is C.C.CC(=O)N1CCCCC1.COC[C@]12CC[C@@](C)(O)C[C@@H]1CC[C@@H]1[C@@H]2CC[C@]2(C)C(C(=O)CBr)CC[C@@H]12.COC[C@]12CC[C@@](C)(O)C[C@@H]1CC[C@@H]1[C@@H]2CC[C@]2(C)C(C(=O)CN3CCN(C(C)=O)CC3)CC[C@@H]12. The van der Waals surface area contributed by atoms with Crippen LogP contribution in [0, 0.1) is 80.8 Å². The Morgan fingerprint density at radius 3 is 1.34 bits per heavy atom. The number of ketones is 2. The molecular weight excluding hydrogens is 983 g/mol. The molecule has 0 bridgehead atoms. The number of halogens is 1. The molecule has 2 amide bonds. The Bertz CT molecular complexity index is 1880. The Labute approximate surface area is 452 Å². The van der Waals surface area contributed by atoms with E-state index in [-0.39, 0.29) is 60.2 Å². The van der Waals surface area contributed by atoms with Gasteiger partial charge in [-0.3, -0.25) is 24.1 Å². The summed E-state index contributed by atoms with van der Waals surface area (Å²) in [4.78, 5) is 54.7. The standard InChI is InChI=1S/C29H48N2O4.C23H37BrO3.C7H13NO.2CH4/c1-20(32)31-15-13-30(14-16-31)18-26(33)25-8-7-23-22-6-5-21-17-27(2,34)11-12-29(21,19-35-4)24(22)9-10-28(23,25)3;1-21(26)10-11-23(14-27-3)15(12-21)4-5-16-17-6-7-19(20(25)13-24)22(17,2)9-8-18(16)23;1-7(9)8-5-3-2-4-6-8;;/h21-25,34H,5-19H2,1-4H3;15-19,26H,4-14H2,1-3H3;2-6H2,1H3;2*1H4/t21-,22-,23-,24-,25?,27+,28-,29+;15-,16-,17-,18-,19?,21+,22-,23+;;;/m00.../s1. The molecule has 8 saturated carbocycles. The average Bonchev–Trinajstić information content (AvgIpc) is 3.89. The molecule has 2 N–H and O–H groups in total. The lowest BCUT2D eigenvalue weighted by molar-refractivity contribution is -0.175. The van der Waals surface area contributed by atoms with E-state index in [4.69, 9.17) is 9.47 Å². The van der Waals surface area contributed by atoms with Crippen LogP contribution in [0.2, 0.25) is 0 Å². The van der Waals surface area contributed by atoms with Crippen LogP contribution < -0.4 is 0 Å². The van der Waals surface area contributed by atoms with Crippen LogP contribution in [0.25, 0.3) is 0 Å². The van der Waals surface area contributed by atoms with E-state index in [9.17, 15) is 29.4 Å². The van der Waals surface area contributed by atoms with E-state index in [1.54, 1.807) is 13.8 Å². The van der Waals surface area contributed by atoms with Crippen LogP contribution in [0.1, 0.15) is 191 Å². The molecule has 420 valence electrons. The molecule has 0 aromatic rings. The van der Waals surface area contributed by atoms with Gasteiger partial charge in [0.25, 0.3) is 0 Å². The minimum atomic E-state index is -0.529. The number of carbonyl (C=O) groups is 4. The Morgan fingerprint density at radius 1 is 0.521 bits per heavy atom. The largest absolute Gasteiger partial charge is 0.390 e. The second-order valence-electron chi connectivity index (χ2n) is 26.8. The summed E-state index contributed by atoms with van der Waals surface area (Å²) in [6.45, 7) is 19.5. The summed E-state index contributed by atoms with van der Waals surface area (Å²) in [6.07, 6.45) is 23.8. The van der Waals surface area contributed by atoms with Crippen LogP contribution in [0.5, 0.6) is 0 Å². The van der Waals surface area contributed by atoms with Gasteiger partial charge in [0.15, 0.2) is 0 Å². The topological polar surface area (TPSA) is 137 Å². The lowest BCUT2D eigenvalue weighted by atomic mass is 9.43. The first-order chi connectivity index (χ1) is 33.7. The lowest BCUT2D eigenvalue weighted by Crippen LogP contribution is -2.58. The molecule has 8 aliphatic carbocycles. The number of alkyl halides is 1. The summed E-state index contributed by atoms with van der Waals surface area (Å²) in [5.74, 6) is 6.98. The molecule has 2 aliphatic heterocycles. The summed E-state index contributed by atoms with van der Waals surface area (Å²) in [7, 11) is 3.71. The Morgan fingerprint density at radius 2 is 0.945 bits per heavy atom. The monoisotopic (exact) mass is 1090 g/mol. The lowest BCUT2D eigenvalue weighted by Gasteiger charge is -2.62. The number of hydrogen-bond donors (Lipinski definition) is 2. The van der Waals surface area contributed by atoms with Crippen molar-refractivity contribution < 1.29 is 38.9 Å². The summed E-state index contributed by atoms with van der Waals surface area (Å²) in [6, 6.07) is 0. The van der Waals surface area contributed by atoms with Crippen LogP contribution in [0.3, 0.4) is 0 Å². The quantitative estimate of drug-likeness (QED) is 0.216. The number of nitrogens with zero attached hydrogens (tertiary/aromatic N) is 3. The van der Waals surface area contributed by atoms with Gasteiger partial charge in [-0.25, -0.2) is 0 Å². The predicted octanol–water partition coefficient (Wildman–Crippen LogP) is 11.0. The molecule has 10 aliphatic rings. The molecule has 12 heteroatoms. The number of methoxy groups -OCH3 is 2. The number of piperazine rings is 1. The summed E-state index contributed by atoms with van der Waals surface area (Å²) >= 11 is 3.43. The maximum absolute atomic E-state index is 13.6. The zero-order chi connectivity index (χ0) is 51.1. The van der Waals surface area contributed by atoms with E-state index < -0.39 is 11.2 Å². The highest BCUT2D eigenvalue weighted by Crippen LogP contribution is 2.70. The zero-order valence-corrected chi connectivity index (χ0v) is 47.3. The van der Waals surface area contributed by atoms with E-state index in [2.05, 4.69) is 34.7 Å². The molecule has 10 fully saturated rings. The van der Waals surface area contributed by atoms with Gasteiger partial charge in [0.1, 0.15) is 11.6 Å². The molecule has 0 spiro atoms. The van der Waals surface area contributed by atoms with E-state index in [0.29, 0.717) is 64.9 Å². The van der Waals surface area contributed by atoms with E-state index >= 15 is 0 Å². The van der Waals surface area contributed by atoms with Crippen molar-refractivity contribution in [3.63, 3.8) is 0 Å². The van der Waals surface area contributed by atoms with Crippen molar-refractivity contribution in [1.82, 2.24) is 14.7 Å². The van der Waals surface area contributed by atoms with Gasteiger partial charge in [-0.2, -0.15) is 0 Å². The van der Waals surface area contributed by atoms with Gasteiger partial charge >= 0.3 is 0 Å². The van der Waals surface area contributed by atoms with Crippen molar-refractivity contribution in [2.24, 2.45) is 80.8 Å². The van der Waals surface area contributed by atoms with Crippen LogP contribution in [0.4, 0.5) is 0 Å².